The van der Waals surface area contributed by atoms with Crippen molar-refractivity contribution in [2.45, 2.75) is 18.8 Å². The van der Waals surface area contributed by atoms with Gasteiger partial charge in [0.15, 0.2) is 0 Å². The second kappa shape index (κ2) is 5.92. The van der Waals surface area contributed by atoms with Gasteiger partial charge < -0.3 is 20.3 Å². The van der Waals surface area contributed by atoms with Crippen molar-refractivity contribution in [1.82, 2.24) is 0 Å². The van der Waals surface area contributed by atoms with E-state index in [9.17, 15) is 9.59 Å². The Morgan fingerprint density at radius 3 is 2.37 bits per heavy atom. The van der Waals surface area contributed by atoms with E-state index in [0.29, 0.717) is 18.8 Å². The van der Waals surface area contributed by atoms with Gasteiger partial charge >= 0.3 is 5.97 Å². The van der Waals surface area contributed by atoms with Crippen LogP contribution in [0.2, 0.25) is 0 Å². The van der Waals surface area contributed by atoms with E-state index in [1.807, 2.05) is 0 Å². The predicted molar refractivity (Wildman–Crippen MR) is 65.8 cm³/mol. The molecule has 0 aliphatic carbocycles. The lowest BCUT2D eigenvalue weighted by atomic mass is 10.0. The number of carboxylic acid groups (broad SMARTS) is 1. The van der Waals surface area contributed by atoms with Gasteiger partial charge in [-0.1, -0.05) is 24.3 Å². The highest BCUT2D eigenvalue weighted by molar-refractivity contribution is 5.98. The highest BCUT2D eigenvalue weighted by Crippen LogP contribution is 2.13. The van der Waals surface area contributed by atoms with Crippen LogP contribution in [0.4, 0.5) is 0 Å². The topological polar surface area (TPSA) is 98.9 Å². The van der Waals surface area contributed by atoms with Gasteiger partial charge in [0, 0.05) is 5.56 Å². The third-order valence-electron chi connectivity index (χ3n) is 2.85. The number of hydrogen-bond donors (Lipinski definition) is 2. The van der Waals surface area contributed by atoms with Crippen molar-refractivity contribution in [2.75, 3.05) is 13.2 Å². The van der Waals surface area contributed by atoms with Crippen molar-refractivity contribution in [3.05, 3.63) is 35.4 Å². The van der Waals surface area contributed by atoms with Gasteiger partial charge in [0.05, 0.1) is 13.2 Å². The maximum Gasteiger partial charge on any atom is 0.320 e. The fourth-order valence-corrected chi connectivity index (χ4v) is 1.79. The van der Waals surface area contributed by atoms with E-state index in [2.05, 4.69) is 0 Å². The summed E-state index contributed by atoms with van der Waals surface area (Å²) in [5.41, 5.74) is 6.67. The fraction of sp³-hybridized carbons (Fsp3) is 0.385. The Balaban J connectivity index is 2.01. The molecule has 1 aromatic rings. The van der Waals surface area contributed by atoms with E-state index < -0.39 is 18.3 Å². The highest BCUT2D eigenvalue weighted by atomic mass is 16.7. The van der Waals surface area contributed by atoms with Crippen LogP contribution in [0.25, 0.3) is 0 Å². The number of carboxylic acids is 1. The Morgan fingerprint density at radius 1 is 1.26 bits per heavy atom. The molecule has 0 amide bonds. The van der Waals surface area contributed by atoms with Crippen LogP contribution in [0.3, 0.4) is 0 Å². The van der Waals surface area contributed by atoms with Crippen molar-refractivity contribution in [3.63, 3.8) is 0 Å². The lowest BCUT2D eigenvalue weighted by molar-refractivity contribution is -0.138. The highest BCUT2D eigenvalue weighted by Gasteiger charge is 2.25. The Labute approximate surface area is 110 Å². The number of aliphatic carboxylic acids is 1. The normalized spacial score (nSPS) is 17.3. The standard InChI is InChI=1S/C13H15NO5/c14-10(12(16)17)7-8-1-3-9(4-2-8)11(15)13-18-5-6-19-13/h1-4,10,13H,5-7,14H2,(H,16,17)/t10-/m0/s1. The molecule has 2 rings (SSSR count). The molecule has 1 aliphatic rings. The van der Waals surface area contributed by atoms with Gasteiger partial charge in [-0.05, 0) is 12.0 Å². The molecule has 1 aliphatic heterocycles. The first-order valence-corrected chi connectivity index (χ1v) is 5.92. The maximum atomic E-state index is 11.9. The van der Waals surface area contributed by atoms with Crippen LogP contribution in [0, 0.1) is 0 Å². The van der Waals surface area contributed by atoms with E-state index in [1.54, 1.807) is 24.3 Å². The third kappa shape index (κ3) is 3.37. The molecule has 0 unspecified atom stereocenters. The minimum Gasteiger partial charge on any atom is -0.480 e. The summed E-state index contributed by atoms with van der Waals surface area (Å²) in [7, 11) is 0. The Bertz CT molecular complexity index is 464. The fourth-order valence-electron chi connectivity index (χ4n) is 1.79. The number of benzene rings is 1. The van der Waals surface area contributed by atoms with Crippen LogP contribution >= 0.6 is 0 Å². The first-order valence-electron chi connectivity index (χ1n) is 5.92. The van der Waals surface area contributed by atoms with Crippen molar-refractivity contribution in [2.24, 2.45) is 5.73 Å². The number of ketones is 1. The number of carbonyl (C=O) groups is 2. The van der Waals surface area contributed by atoms with Gasteiger partial charge in [0.25, 0.3) is 0 Å². The van der Waals surface area contributed by atoms with Crippen LogP contribution < -0.4 is 5.73 Å². The molecule has 6 heteroatoms. The minimum absolute atomic E-state index is 0.222. The van der Waals surface area contributed by atoms with Crippen LogP contribution in [-0.2, 0) is 20.7 Å². The van der Waals surface area contributed by atoms with Crippen molar-refractivity contribution < 1.29 is 24.2 Å². The summed E-state index contributed by atoms with van der Waals surface area (Å²) in [5.74, 6) is -1.28. The summed E-state index contributed by atoms with van der Waals surface area (Å²) in [4.78, 5) is 22.6. The number of ether oxygens (including phenoxy) is 2. The summed E-state index contributed by atoms with van der Waals surface area (Å²) in [5, 5.41) is 8.72. The first kappa shape index (κ1) is 13.7. The van der Waals surface area contributed by atoms with Gasteiger partial charge in [-0.2, -0.15) is 0 Å². The molecule has 1 atom stereocenters. The zero-order chi connectivity index (χ0) is 13.8. The van der Waals surface area contributed by atoms with Crippen molar-refractivity contribution in [3.8, 4) is 0 Å². The lowest BCUT2D eigenvalue weighted by Gasteiger charge is -2.09. The molecule has 19 heavy (non-hydrogen) atoms. The van der Waals surface area contributed by atoms with Crippen LogP contribution in [0.5, 0.6) is 0 Å². The van der Waals surface area contributed by atoms with Gasteiger partial charge in [0.2, 0.25) is 12.1 Å². The number of hydrogen-bond acceptors (Lipinski definition) is 5. The summed E-state index contributed by atoms with van der Waals surface area (Å²) >= 11 is 0. The second-order valence-corrected chi connectivity index (χ2v) is 4.28. The molecular formula is C13H15NO5. The molecule has 1 heterocycles. The van der Waals surface area contributed by atoms with E-state index in [0.717, 1.165) is 5.56 Å². The molecule has 6 nitrogen and oxygen atoms in total. The van der Waals surface area contributed by atoms with Crippen LogP contribution in [-0.4, -0.2) is 42.4 Å². The Hall–Kier alpha value is -1.76. The molecule has 1 aromatic carbocycles. The molecule has 1 fully saturated rings. The molecule has 102 valence electrons. The Kier molecular flexibility index (Phi) is 4.26. The van der Waals surface area contributed by atoms with Gasteiger partial charge in [-0.15, -0.1) is 0 Å². The number of rotatable bonds is 5. The second-order valence-electron chi connectivity index (χ2n) is 4.28. The molecule has 0 aromatic heterocycles. The average molecular weight is 265 g/mol. The summed E-state index contributed by atoms with van der Waals surface area (Å²) in [6, 6.07) is 5.67. The molecule has 1 saturated heterocycles. The molecule has 0 bridgehead atoms. The van der Waals surface area contributed by atoms with Gasteiger partial charge in [-0.3, -0.25) is 9.59 Å². The van der Waals surface area contributed by atoms with E-state index in [1.165, 1.54) is 0 Å². The van der Waals surface area contributed by atoms with Crippen LogP contribution in [0.15, 0.2) is 24.3 Å². The number of nitrogens with two attached hydrogens (primary N) is 1. The molecule has 0 saturated carbocycles. The lowest BCUT2D eigenvalue weighted by Crippen LogP contribution is -2.32. The number of Topliss-reactive ketones (excluding diaryl/α,β-unsaturated/α-hetero) is 1. The average Bonchev–Trinajstić information content (AvgIpc) is 2.92. The maximum absolute atomic E-state index is 11.9. The third-order valence-corrected chi connectivity index (χ3v) is 2.85. The molecule has 0 spiro atoms. The zero-order valence-corrected chi connectivity index (χ0v) is 10.2. The Morgan fingerprint density at radius 2 is 1.84 bits per heavy atom. The monoisotopic (exact) mass is 265 g/mol. The van der Waals surface area contributed by atoms with Gasteiger partial charge in [0.1, 0.15) is 6.04 Å². The summed E-state index contributed by atoms with van der Waals surface area (Å²) in [6.07, 6.45) is -0.604. The smallest absolute Gasteiger partial charge is 0.320 e. The number of carbonyl (C=O) groups excluding carboxylic acids is 1. The van der Waals surface area contributed by atoms with Crippen molar-refractivity contribution in [1.29, 1.82) is 0 Å². The van der Waals surface area contributed by atoms with E-state index in [4.69, 9.17) is 20.3 Å². The minimum atomic E-state index is -1.05. The quantitative estimate of drug-likeness (QED) is 0.738. The SMILES string of the molecule is N[C@@H](Cc1ccc(C(=O)C2OCCO2)cc1)C(=O)O. The first-order chi connectivity index (χ1) is 9.08. The molecule has 3 N–H and O–H groups in total. The summed E-state index contributed by atoms with van der Waals surface area (Å²) in [6.45, 7) is 0.837. The van der Waals surface area contributed by atoms with E-state index >= 15 is 0 Å². The van der Waals surface area contributed by atoms with E-state index in [-0.39, 0.29) is 12.2 Å². The zero-order valence-electron chi connectivity index (χ0n) is 10.2. The largest absolute Gasteiger partial charge is 0.480 e. The predicted octanol–water partition coefficient (Wildman–Crippen LogP) is 0.197. The van der Waals surface area contributed by atoms with Crippen molar-refractivity contribution >= 4 is 11.8 Å². The molecule has 0 radical (unpaired) electrons. The summed E-state index contributed by atoms with van der Waals surface area (Å²) < 4.78 is 10.3. The van der Waals surface area contributed by atoms with Crippen LogP contribution in [0.1, 0.15) is 15.9 Å². The molecular weight excluding hydrogens is 250 g/mol. The van der Waals surface area contributed by atoms with Gasteiger partial charge in [-0.25, -0.2) is 0 Å².